The van der Waals surface area contributed by atoms with Crippen molar-refractivity contribution in [2.24, 2.45) is 5.92 Å². The van der Waals surface area contributed by atoms with Crippen molar-refractivity contribution in [3.63, 3.8) is 0 Å². The molecule has 12 heavy (non-hydrogen) atoms. The fraction of sp³-hybridized carbons (Fsp3) is 0.667. The molecule has 3 heteroatoms. The van der Waals surface area contributed by atoms with Gasteiger partial charge in [-0.05, 0) is 19.3 Å². The number of imidazole rings is 1. The fourth-order valence-corrected chi connectivity index (χ4v) is 1.15. The van der Waals surface area contributed by atoms with E-state index in [1.165, 1.54) is 0 Å². The second-order valence-corrected chi connectivity index (χ2v) is 3.42. The lowest BCUT2D eigenvalue weighted by atomic mass is 10.1. The monoisotopic (exact) mass is 168 g/mol. The van der Waals surface area contributed by atoms with Crippen molar-refractivity contribution in [3.05, 3.63) is 11.4 Å². The Bertz CT molecular complexity index is 253. The lowest BCUT2D eigenvalue weighted by Crippen LogP contribution is -1.96. The van der Waals surface area contributed by atoms with Gasteiger partial charge in [0, 0.05) is 5.69 Å². The van der Waals surface area contributed by atoms with E-state index in [1.54, 1.807) is 7.11 Å². The van der Waals surface area contributed by atoms with Crippen LogP contribution in [0.3, 0.4) is 0 Å². The van der Waals surface area contributed by atoms with Crippen LogP contribution in [0.15, 0.2) is 0 Å². The average Bonchev–Trinajstić information content (AvgIpc) is 2.31. The van der Waals surface area contributed by atoms with Gasteiger partial charge < -0.3 is 9.72 Å². The maximum atomic E-state index is 4.99. The van der Waals surface area contributed by atoms with E-state index in [2.05, 4.69) is 23.8 Å². The molecule has 0 saturated heterocycles. The molecule has 0 bridgehead atoms. The van der Waals surface area contributed by atoms with E-state index < -0.39 is 0 Å². The van der Waals surface area contributed by atoms with E-state index in [-0.39, 0.29) is 0 Å². The minimum Gasteiger partial charge on any atom is -0.468 e. The summed E-state index contributed by atoms with van der Waals surface area (Å²) in [5.41, 5.74) is 2.22. The van der Waals surface area contributed by atoms with Gasteiger partial charge in [0.1, 0.15) is 0 Å². The number of nitrogens with one attached hydrogen (secondary N) is 1. The molecule has 0 amide bonds. The highest BCUT2D eigenvalue weighted by Gasteiger charge is 2.07. The quantitative estimate of drug-likeness (QED) is 0.748. The molecule has 0 aromatic carbocycles. The third kappa shape index (κ3) is 2.00. The van der Waals surface area contributed by atoms with Crippen molar-refractivity contribution in [3.8, 4) is 6.01 Å². The second-order valence-electron chi connectivity index (χ2n) is 3.42. The molecular formula is C9H16N2O. The smallest absolute Gasteiger partial charge is 0.293 e. The summed E-state index contributed by atoms with van der Waals surface area (Å²) in [7, 11) is 1.62. The first-order valence-electron chi connectivity index (χ1n) is 4.23. The zero-order valence-corrected chi connectivity index (χ0v) is 8.14. The summed E-state index contributed by atoms with van der Waals surface area (Å²) >= 11 is 0. The first-order chi connectivity index (χ1) is 5.63. The van der Waals surface area contributed by atoms with Crippen LogP contribution in [0.1, 0.15) is 25.2 Å². The summed E-state index contributed by atoms with van der Waals surface area (Å²) in [4.78, 5) is 7.36. The summed E-state index contributed by atoms with van der Waals surface area (Å²) < 4.78 is 4.99. The van der Waals surface area contributed by atoms with Crippen molar-refractivity contribution in [2.45, 2.75) is 27.2 Å². The van der Waals surface area contributed by atoms with E-state index in [0.717, 1.165) is 17.8 Å². The molecule has 0 unspecified atom stereocenters. The van der Waals surface area contributed by atoms with Gasteiger partial charge in [0.05, 0.1) is 12.8 Å². The van der Waals surface area contributed by atoms with Crippen LogP contribution in [0.5, 0.6) is 6.01 Å². The Morgan fingerprint density at radius 3 is 2.58 bits per heavy atom. The first-order valence-corrected chi connectivity index (χ1v) is 4.23. The Kier molecular flexibility index (Phi) is 2.74. The number of aromatic amines is 1. The minimum absolute atomic E-state index is 0.614. The summed E-state index contributed by atoms with van der Waals surface area (Å²) in [5, 5.41) is 0. The number of ether oxygens (including phenoxy) is 1. The zero-order valence-electron chi connectivity index (χ0n) is 8.14. The lowest BCUT2D eigenvalue weighted by Gasteiger charge is -2.00. The number of aromatic nitrogens is 2. The van der Waals surface area contributed by atoms with Crippen LogP contribution >= 0.6 is 0 Å². The molecular weight excluding hydrogens is 152 g/mol. The lowest BCUT2D eigenvalue weighted by molar-refractivity contribution is 0.383. The molecule has 0 aliphatic rings. The highest BCUT2D eigenvalue weighted by atomic mass is 16.5. The van der Waals surface area contributed by atoms with Gasteiger partial charge in [-0.2, -0.15) is 0 Å². The van der Waals surface area contributed by atoms with Gasteiger partial charge in [0.2, 0.25) is 0 Å². The molecule has 0 spiro atoms. The van der Waals surface area contributed by atoms with Crippen LogP contribution in [0, 0.1) is 12.8 Å². The third-order valence-corrected chi connectivity index (χ3v) is 1.76. The van der Waals surface area contributed by atoms with Crippen LogP contribution < -0.4 is 4.74 Å². The molecule has 0 atom stereocenters. The molecule has 0 aliphatic carbocycles. The third-order valence-electron chi connectivity index (χ3n) is 1.76. The molecule has 0 aliphatic heterocycles. The number of hydrogen-bond donors (Lipinski definition) is 1. The molecule has 3 nitrogen and oxygen atoms in total. The van der Waals surface area contributed by atoms with Crippen molar-refractivity contribution in [1.29, 1.82) is 0 Å². The Balaban J connectivity index is 2.77. The molecule has 0 radical (unpaired) electrons. The van der Waals surface area contributed by atoms with Crippen LogP contribution in [-0.4, -0.2) is 17.1 Å². The normalized spacial score (nSPS) is 10.8. The van der Waals surface area contributed by atoms with Gasteiger partial charge in [-0.25, -0.2) is 4.98 Å². The predicted molar refractivity (Wildman–Crippen MR) is 48.4 cm³/mol. The number of aryl methyl sites for hydroxylation is 1. The Labute approximate surface area is 73.2 Å². The maximum Gasteiger partial charge on any atom is 0.293 e. The Morgan fingerprint density at radius 2 is 2.17 bits per heavy atom. The van der Waals surface area contributed by atoms with Crippen molar-refractivity contribution in [1.82, 2.24) is 9.97 Å². The van der Waals surface area contributed by atoms with Gasteiger partial charge in [-0.15, -0.1) is 0 Å². The van der Waals surface area contributed by atoms with Crippen molar-refractivity contribution < 1.29 is 4.74 Å². The summed E-state index contributed by atoms with van der Waals surface area (Å²) in [6, 6.07) is 0.614. The van der Waals surface area contributed by atoms with E-state index in [1.807, 2.05) is 6.92 Å². The molecule has 1 heterocycles. The zero-order chi connectivity index (χ0) is 9.14. The van der Waals surface area contributed by atoms with Gasteiger partial charge in [-0.3, -0.25) is 0 Å². The van der Waals surface area contributed by atoms with E-state index >= 15 is 0 Å². The number of hydrogen-bond acceptors (Lipinski definition) is 2. The van der Waals surface area contributed by atoms with Gasteiger partial charge in [0.15, 0.2) is 0 Å². The molecule has 68 valence electrons. The molecule has 1 N–H and O–H groups in total. The van der Waals surface area contributed by atoms with E-state index in [0.29, 0.717) is 11.9 Å². The fourth-order valence-electron chi connectivity index (χ4n) is 1.15. The summed E-state index contributed by atoms with van der Waals surface area (Å²) in [5.74, 6) is 0.636. The Morgan fingerprint density at radius 1 is 1.50 bits per heavy atom. The number of rotatable bonds is 3. The second kappa shape index (κ2) is 3.61. The molecule has 0 saturated carbocycles. The van der Waals surface area contributed by atoms with Gasteiger partial charge in [0.25, 0.3) is 6.01 Å². The van der Waals surface area contributed by atoms with Gasteiger partial charge in [-0.1, -0.05) is 13.8 Å². The summed E-state index contributed by atoms with van der Waals surface area (Å²) in [6.45, 7) is 6.38. The topological polar surface area (TPSA) is 37.9 Å². The SMILES string of the molecule is COc1nc(CC(C)C)c(C)[nH]1. The molecule has 1 aromatic rings. The highest BCUT2D eigenvalue weighted by molar-refractivity contribution is 5.16. The molecule has 1 aromatic heterocycles. The standard InChI is InChI=1S/C9H16N2O/c1-6(2)5-8-7(3)10-9(11-8)12-4/h6H,5H2,1-4H3,(H,10,11). The molecule has 0 fully saturated rings. The van der Waals surface area contributed by atoms with E-state index in [4.69, 9.17) is 4.74 Å². The number of methoxy groups -OCH3 is 1. The van der Waals surface area contributed by atoms with E-state index in [9.17, 15) is 0 Å². The van der Waals surface area contributed by atoms with Crippen LogP contribution in [0.4, 0.5) is 0 Å². The molecule has 1 rings (SSSR count). The largest absolute Gasteiger partial charge is 0.468 e. The van der Waals surface area contributed by atoms with Crippen LogP contribution in [0.25, 0.3) is 0 Å². The average molecular weight is 168 g/mol. The maximum absolute atomic E-state index is 4.99. The number of H-pyrrole nitrogens is 1. The highest BCUT2D eigenvalue weighted by Crippen LogP contribution is 2.14. The summed E-state index contributed by atoms with van der Waals surface area (Å²) in [6.07, 6.45) is 1.01. The van der Waals surface area contributed by atoms with Crippen LogP contribution in [0.2, 0.25) is 0 Å². The minimum atomic E-state index is 0.614. The Hall–Kier alpha value is -0.990. The van der Waals surface area contributed by atoms with Crippen molar-refractivity contribution in [2.75, 3.05) is 7.11 Å². The number of nitrogens with zero attached hydrogens (tertiary/aromatic N) is 1. The van der Waals surface area contributed by atoms with Crippen molar-refractivity contribution >= 4 is 0 Å². The van der Waals surface area contributed by atoms with Gasteiger partial charge >= 0.3 is 0 Å². The predicted octanol–water partition coefficient (Wildman–Crippen LogP) is 1.93. The van der Waals surface area contributed by atoms with Crippen LogP contribution in [-0.2, 0) is 6.42 Å². The first kappa shape index (κ1) is 9.10.